The van der Waals surface area contributed by atoms with Crippen molar-refractivity contribution in [3.05, 3.63) is 0 Å². The number of hydrogen-bond acceptors (Lipinski definition) is 2. The number of halogens is 3. The van der Waals surface area contributed by atoms with Crippen LogP contribution in [0.4, 0.5) is 13.2 Å². The first-order valence-electron chi connectivity index (χ1n) is 5.01. The van der Waals surface area contributed by atoms with E-state index in [0.717, 1.165) is 6.42 Å². The van der Waals surface area contributed by atoms with Crippen LogP contribution < -0.4 is 5.73 Å². The smallest absolute Gasteiger partial charge is 0.330 e. The van der Waals surface area contributed by atoms with E-state index in [1.165, 1.54) is 0 Å². The molecule has 2 aliphatic rings. The first-order chi connectivity index (χ1) is 6.49. The van der Waals surface area contributed by atoms with E-state index < -0.39 is 11.7 Å². The Morgan fingerprint density at radius 2 is 2.00 bits per heavy atom. The third kappa shape index (κ3) is 1.42. The molecular formula is C9H15F3N2. The maximum atomic E-state index is 12.7. The molecule has 0 aromatic rings. The van der Waals surface area contributed by atoms with Crippen LogP contribution in [0.2, 0.25) is 0 Å². The lowest BCUT2D eigenvalue weighted by atomic mass is 10.1. The molecule has 0 spiro atoms. The zero-order valence-electron chi connectivity index (χ0n) is 7.98. The molecule has 2 rings (SSSR count). The van der Waals surface area contributed by atoms with Gasteiger partial charge in [-0.05, 0) is 38.3 Å². The molecule has 5 heteroatoms. The van der Waals surface area contributed by atoms with Gasteiger partial charge in [-0.3, -0.25) is 4.90 Å². The lowest BCUT2D eigenvalue weighted by Crippen LogP contribution is -2.47. The van der Waals surface area contributed by atoms with Crippen molar-refractivity contribution in [3.63, 3.8) is 0 Å². The topological polar surface area (TPSA) is 29.3 Å². The van der Waals surface area contributed by atoms with Crippen molar-refractivity contribution in [1.82, 2.24) is 4.90 Å². The van der Waals surface area contributed by atoms with Gasteiger partial charge in [0.2, 0.25) is 0 Å². The summed E-state index contributed by atoms with van der Waals surface area (Å²) in [5.41, 5.74) is 3.99. The highest BCUT2D eigenvalue weighted by Crippen LogP contribution is 2.54. The third-order valence-corrected chi connectivity index (χ3v) is 3.48. The highest BCUT2D eigenvalue weighted by atomic mass is 19.4. The van der Waals surface area contributed by atoms with Crippen LogP contribution >= 0.6 is 0 Å². The summed E-state index contributed by atoms with van der Waals surface area (Å²) in [6, 6.07) is 0. The molecule has 1 saturated carbocycles. The molecule has 0 amide bonds. The van der Waals surface area contributed by atoms with E-state index in [2.05, 4.69) is 0 Å². The third-order valence-electron chi connectivity index (χ3n) is 3.48. The van der Waals surface area contributed by atoms with Gasteiger partial charge >= 0.3 is 6.18 Å². The number of nitrogens with zero attached hydrogens (tertiary/aromatic N) is 1. The summed E-state index contributed by atoms with van der Waals surface area (Å²) >= 11 is 0. The molecule has 0 aromatic carbocycles. The molecule has 2 N–H and O–H groups in total. The predicted octanol–water partition coefficient (Wildman–Crippen LogP) is 1.36. The van der Waals surface area contributed by atoms with Gasteiger partial charge in [0.15, 0.2) is 0 Å². The molecule has 0 radical (unpaired) electrons. The molecule has 0 bridgehead atoms. The Bertz CT molecular complexity index is 223. The van der Waals surface area contributed by atoms with Crippen molar-refractivity contribution in [1.29, 1.82) is 0 Å². The zero-order valence-corrected chi connectivity index (χ0v) is 7.98. The van der Waals surface area contributed by atoms with E-state index in [9.17, 15) is 13.2 Å². The standard InChI is InChI=1S/C9H15F3N2/c10-9(11,12)8(2-3-8)14-4-1-7(5-13)6-14/h7H,1-6,13H2. The zero-order chi connectivity index (χ0) is 10.4. The second-order valence-electron chi connectivity index (χ2n) is 4.37. The van der Waals surface area contributed by atoms with Gasteiger partial charge < -0.3 is 5.73 Å². The minimum absolute atomic E-state index is 0.259. The molecule has 1 aliphatic heterocycles. The summed E-state index contributed by atoms with van der Waals surface area (Å²) in [5, 5.41) is 0. The van der Waals surface area contributed by atoms with Crippen LogP contribution in [-0.2, 0) is 0 Å². The second-order valence-corrected chi connectivity index (χ2v) is 4.37. The van der Waals surface area contributed by atoms with Crippen molar-refractivity contribution >= 4 is 0 Å². The maximum Gasteiger partial charge on any atom is 0.406 e. The van der Waals surface area contributed by atoms with E-state index in [1.54, 1.807) is 4.90 Å². The fourth-order valence-corrected chi connectivity index (χ4v) is 2.31. The van der Waals surface area contributed by atoms with Gasteiger partial charge in [0.1, 0.15) is 5.54 Å². The van der Waals surface area contributed by atoms with E-state index in [1.807, 2.05) is 0 Å². The van der Waals surface area contributed by atoms with Crippen molar-refractivity contribution < 1.29 is 13.2 Å². The van der Waals surface area contributed by atoms with Gasteiger partial charge in [-0.2, -0.15) is 13.2 Å². The summed E-state index contributed by atoms with van der Waals surface area (Å²) in [6.45, 7) is 1.59. The van der Waals surface area contributed by atoms with Gasteiger partial charge in [0.25, 0.3) is 0 Å². The Kier molecular flexibility index (Phi) is 2.27. The van der Waals surface area contributed by atoms with E-state index in [0.29, 0.717) is 19.6 Å². The van der Waals surface area contributed by atoms with Crippen LogP contribution in [0.1, 0.15) is 19.3 Å². The molecule has 1 heterocycles. The van der Waals surface area contributed by atoms with Crippen LogP contribution in [0, 0.1) is 5.92 Å². The fourth-order valence-electron chi connectivity index (χ4n) is 2.31. The molecule has 1 aliphatic carbocycles. The number of likely N-dealkylation sites (tertiary alicyclic amines) is 1. The molecule has 14 heavy (non-hydrogen) atoms. The maximum absolute atomic E-state index is 12.7. The number of hydrogen-bond donors (Lipinski definition) is 1. The second kappa shape index (κ2) is 3.10. The Labute approximate surface area is 81.2 Å². The molecule has 0 aromatic heterocycles. The van der Waals surface area contributed by atoms with Crippen LogP contribution in [-0.4, -0.2) is 36.2 Å². The first-order valence-corrected chi connectivity index (χ1v) is 5.01. The minimum Gasteiger partial charge on any atom is -0.330 e. The van der Waals surface area contributed by atoms with E-state index in [4.69, 9.17) is 5.73 Å². The molecule has 2 fully saturated rings. The number of nitrogens with two attached hydrogens (primary N) is 1. The van der Waals surface area contributed by atoms with Gasteiger partial charge in [-0.1, -0.05) is 0 Å². The average Bonchev–Trinajstić information content (AvgIpc) is 2.79. The SMILES string of the molecule is NCC1CCN(C2(C(F)(F)F)CC2)C1. The highest BCUT2D eigenvalue weighted by molar-refractivity contribution is 5.10. The van der Waals surface area contributed by atoms with Crippen molar-refractivity contribution in [2.24, 2.45) is 11.7 Å². The Balaban J connectivity index is 2.03. The number of rotatable bonds is 2. The summed E-state index contributed by atoms with van der Waals surface area (Å²) < 4.78 is 38.1. The monoisotopic (exact) mass is 208 g/mol. The van der Waals surface area contributed by atoms with Gasteiger partial charge in [-0.25, -0.2) is 0 Å². The normalized spacial score (nSPS) is 32.1. The molecule has 1 atom stereocenters. The number of alkyl halides is 3. The predicted molar refractivity (Wildman–Crippen MR) is 46.8 cm³/mol. The Morgan fingerprint density at radius 1 is 1.36 bits per heavy atom. The van der Waals surface area contributed by atoms with Gasteiger partial charge in [0.05, 0.1) is 0 Å². The highest BCUT2D eigenvalue weighted by Gasteiger charge is 2.67. The van der Waals surface area contributed by atoms with Crippen molar-refractivity contribution in [2.45, 2.75) is 31.0 Å². The van der Waals surface area contributed by atoms with Crippen LogP contribution in [0.25, 0.3) is 0 Å². The quantitative estimate of drug-likeness (QED) is 0.742. The molecule has 2 nitrogen and oxygen atoms in total. The summed E-state index contributed by atoms with van der Waals surface area (Å²) in [7, 11) is 0. The fraction of sp³-hybridized carbons (Fsp3) is 1.00. The molecule has 82 valence electrons. The van der Waals surface area contributed by atoms with Crippen LogP contribution in [0.5, 0.6) is 0 Å². The average molecular weight is 208 g/mol. The molecule has 1 saturated heterocycles. The van der Waals surface area contributed by atoms with Crippen LogP contribution in [0.3, 0.4) is 0 Å². The largest absolute Gasteiger partial charge is 0.406 e. The van der Waals surface area contributed by atoms with Gasteiger partial charge in [-0.15, -0.1) is 0 Å². The van der Waals surface area contributed by atoms with Crippen molar-refractivity contribution in [3.8, 4) is 0 Å². The summed E-state index contributed by atoms with van der Waals surface area (Å²) in [5.74, 6) is 0.259. The lowest BCUT2D eigenvalue weighted by Gasteiger charge is -2.29. The van der Waals surface area contributed by atoms with Crippen LogP contribution in [0.15, 0.2) is 0 Å². The molecule has 1 unspecified atom stereocenters. The lowest BCUT2D eigenvalue weighted by molar-refractivity contribution is -0.193. The first kappa shape index (κ1) is 10.2. The summed E-state index contributed by atoms with van der Waals surface area (Å²) in [6.07, 6.45) is -2.70. The minimum atomic E-state index is -4.06. The Morgan fingerprint density at radius 3 is 2.36 bits per heavy atom. The van der Waals surface area contributed by atoms with E-state index >= 15 is 0 Å². The van der Waals surface area contributed by atoms with E-state index in [-0.39, 0.29) is 18.8 Å². The van der Waals surface area contributed by atoms with Gasteiger partial charge in [0, 0.05) is 6.54 Å². The molecular weight excluding hydrogens is 193 g/mol. The van der Waals surface area contributed by atoms with Crippen molar-refractivity contribution in [2.75, 3.05) is 19.6 Å². The Hall–Kier alpha value is -0.290. The summed E-state index contributed by atoms with van der Waals surface area (Å²) in [4.78, 5) is 1.59.